The van der Waals surface area contributed by atoms with Gasteiger partial charge >= 0.3 is 0 Å². The first-order chi connectivity index (χ1) is 9.08. The van der Waals surface area contributed by atoms with Gasteiger partial charge in [-0.25, -0.2) is 0 Å². The molecule has 0 spiro atoms. The second-order valence-electron chi connectivity index (χ2n) is 4.37. The van der Waals surface area contributed by atoms with E-state index in [1.165, 1.54) is 11.3 Å². The highest BCUT2D eigenvalue weighted by molar-refractivity contribution is 9.11. The number of carbonyl (C=O) groups is 1. The maximum Gasteiger partial charge on any atom is 0.263 e. The summed E-state index contributed by atoms with van der Waals surface area (Å²) in [5.41, 5.74) is 2.11. The molecule has 2 aromatic heterocycles. The Labute approximate surface area is 125 Å². The van der Waals surface area contributed by atoms with Crippen molar-refractivity contribution in [2.24, 2.45) is 0 Å². The molecule has 0 saturated heterocycles. The number of hydrogen-bond acceptors (Lipinski definition) is 3. The van der Waals surface area contributed by atoms with Gasteiger partial charge in [0.1, 0.15) is 0 Å². The molecule has 2 aromatic rings. The summed E-state index contributed by atoms with van der Waals surface area (Å²) < 4.78 is 1.02. The van der Waals surface area contributed by atoms with E-state index in [2.05, 4.69) is 20.9 Å². The number of aryl methyl sites for hydroxylation is 1. The molecule has 0 aliphatic carbocycles. The Morgan fingerprint density at radius 1 is 1.47 bits per heavy atom. The van der Waals surface area contributed by atoms with Crippen molar-refractivity contribution in [1.82, 2.24) is 9.88 Å². The maximum absolute atomic E-state index is 12.2. The second-order valence-corrected chi connectivity index (χ2v) is 6.74. The first-order valence-electron chi connectivity index (χ1n) is 5.99. The standard InChI is InChI=1S/C14H15BrN2OS/c1-10-9-12(19-13(10)15)14(18)17(2)8-6-11-5-3-4-7-16-11/h3-5,7,9H,6,8H2,1-2H3. The molecular weight excluding hydrogens is 324 g/mol. The van der Waals surface area contributed by atoms with E-state index in [9.17, 15) is 4.79 Å². The smallest absolute Gasteiger partial charge is 0.263 e. The Morgan fingerprint density at radius 2 is 2.26 bits per heavy atom. The van der Waals surface area contributed by atoms with Crippen molar-refractivity contribution in [2.75, 3.05) is 13.6 Å². The normalized spacial score (nSPS) is 10.5. The zero-order chi connectivity index (χ0) is 13.8. The van der Waals surface area contributed by atoms with E-state index in [-0.39, 0.29) is 5.91 Å². The topological polar surface area (TPSA) is 33.2 Å². The van der Waals surface area contributed by atoms with Crippen LogP contribution in [0.15, 0.2) is 34.2 Å². The van der Waals surface area contributed by atoms with Crippen LogP contribution in [0.2, 0.25) is 0 Å². The minimum atomic E-state index is 0.0646. The van der Waals surface area contributed by atoms with E-state index >= 15 is 0 Å². The van der Waals surface area contributed by atoms with E-state index in [1.54, 1.807) is 11.1 Å². The lowest BCUT2D eigenvalue weighted by Crippen LogP contribution is -2.28. The number of pyridine rings is 1. The lowest BCUT2D eigenvalue weighted by atomic mass is 10.2. The van der Waals surface area contributed by atoms with Crippen molar-refractivity contribution in [3.05, 3.63) is 50.4 Å². The lowest BCUT2D eigenvalue weighted by molar-refractivity contribution is 0.0801. The molecule has 2 rings (SSSR count). The molecule has 2 heterocycles. The Bertz CT molecular complexity index is 549. The zero-order valence-corrected chi connectivity index (χ0v) is 13.3. The molecule has 0 radical (unpaired) electrons. The third-order valence-corrected chi connectivity index (χ3v) is 4.97. The second kappa shape index (κ2) is 6.30. The SMILES string of the molecule is Cc1cc(C(=O)N(C)CCc2ccccn2)sc1Br. The van der Waals surface area contributed by atoms with Gasteiger partial charge in [0.25, 0.3) is 5.91 Å². The van der Waals surface area contributed by atoms with Gasteiger partial charge in [0, 0.05) is 31.9 Å². The first-order valence-corrected chi connectivity index (χ1v) is 7.60. The quantitative estimate of drug-likeness (QED) is 0.854. The van der Waals surface area contributed by atoms with Crippen LogP contribution in [0.4, 0.5) is 0 Å². The zero-order valence-electron chi connectivity index (χ0n) is 10.9. The Hall–Kier alpha value is -1.20. The molecule has 3 nitrogen and oxygen atoms in total. The van der Waals surface area contributed by atoms with Gasteiger partial charge in [0.15, 0.2) is 0 Å². The number of likely N-dealkylation sites (N-methyl/N-ethyl adjacent to an activating group) is 1. The summed E-state index contributed by atoms with van der Waals surface area (Å²) in [5.74, 6) is 0.0646. The minimum absolute atomic E-state index is 0.0646. The number of aromatic nitrogens is 1. The number of hydrogen-bond donors (Lipinski definition) is 0. The molecule has 19 heavy (non-hydrogen) atoms. The maximum atomic E-state index is 12.2. The van der Waals surface area contributed by atoms with Crippen molar-refractivity contribution in [1.29, 1.82) is 0 Å². The molecule has 0 aromatic carbocycles. The monoisotopic (exact) mass is 338 g/mol. The van der Waals surface area contributed by atoms with E-state index in [0.717, 1.165) is 26.3 Å². The van der Waals surface area contributed by atoms with Gasteiger partial charge in [-0.2, -0.15) is 0 Å². The van der Waals surface area contributed by atoms with Crippen LogP contribution in [0, 0.1) is 6.92 Å². The summed E-state index contributed by atoms with van der Waals surface area (Å²) in [4.78, 5) is 19.0. The highest BCUT2D eigenvalue weighted by Gasteiger charge is 2.15. The summed E-state index contributed by atoms with van der Waals surface area (Å²) in [5, 5.41) is 0. The summed E-state index contributed by atoms with van der Waals surface area (Å²) in [6.45, 7) is 2.66. The van der Waals surface area contributed by atoms with Crippen molar-refractivity contribution in [3.63, 3.8) is 0 Å². The number of carbonyl (C=O) groups excluding carboxylic acids is 1. The minimum Gasteiger partial charge on any atom is -0.341 e. The molecule has 0 aliphatic heterocycles. The van der Waals surface area contributed by atoms with Crippen LogP contribution in [-0.4, -0.2) is 29.4 Å². The van der Waals surface area contributed by atoms with Crippen LogP contribution in [0.25, 0.3) is 0 Å². The molecule has 0 atom stereocenters. The third kappa shape index (κ3) is 3.64. The van der Waals surface area contributed by atoms with Gasteiger partial charge in [0.2, 0.25) is 0 Å². The lowest BCUT2D eigenvalue weighted by Gasteiger charge is -2.15. The van der Waals surface area contributed by atoms with Crippen LogP contribution >= 0.6 is 27.3 Å². The summed E-state index contributed by atoms with van der Waals surface area (Å²) in [6.07, 6.45) is 2.55. The molecule has 100 valence electrons. The van der Waals surface area contributed by atoms with Crippen molar-refractivity contribution in [2.45, 2.75) is 13.3 Å². The van der Waals surface area contributed by atoms with Gasteiger partial charge in [0.05, 0.1) is 8.66 Å². The van der Waals surface area contributed by atoms with Crippen LogP contribution in [0.5, 0.6) is 0 Å². The molecular formula is C14H15BrN2OS. The molecule has 0 unspecified atom stereocenters. The number of thiophene rings is 1. The van der Waals surface area contributed by atoms with Gasteiger partial charge in [-0.15, -0.1) is 11.3 Å². The molecule has 1 amide bonds. The average Bonchev–Trinajstić information content (AvgIpc) is 2.76. The molecule has 0 fully saturated rings. The van der Waals surface area contributed by atoms with E-state index in [0.29, 0.717) is 6.54 Å². The van der Waals surface area contributed by atoms with Crippen molar-refractivity contribution < 1.29 is 4.79 Å². The molecule has 0 saturated carbocycles. The number of halogens is 1. The molecule has 0 aliphatic rings. The Balaban J connectivity index is 1.96. The number of amides is 1. The molecule has 0 bridgehead atoms. The Morgan fingerprint density at radius 3 is 2.84 bits per heavy atom. The van der Waals surface area contributed by atoms with Gasteiger partial charge in [-0.05, 0) is 46.6 Å². The summed E-state index contributed by atoms with van der Waals surface area (Å²) in [6, 6.07) is 7.76. The molecule has 0 N–H and O–H groups in total. The fourth-order valence-corrected chi connectivity index (χ4v) is 3.21. The first kappa shape index (κ1) is 14.2. The fraction of sp³-hybridized carbons (Fsp3) is 0.286. The van der Waals surface area contributed by atoms with E-state index < -0.39 is 0 Å². The number of nitrogens with zero attached hydrogens (tertiary/aromatic N) is 2. The van der Waals surface area contributed by atoms with Crippen LogP contribution in [-0.2, 0) is 6.42 Å². The van der Waals surface area contributed by atoms with Gasteiger partial charge in [-0.1, -0.05) is 6.07 Å². The highest BCUT2D eigenvalue weighted by atomic mass is 79.9. The Kier molecular flexibility index (Phi) is 4.71. The van der Waals surface area contributed by atoms with Crippen LogP contribution in [0.3, 0.4) is 0 Å². The highest BCUT2D eigenvalue weighted by Crippen LogP contribution is 2.28. The van der Waals surface area contributed by atoms with Crippen molar-refractivity contribution >= 4 is 33.2 Å². The molecule has 5 heteroatoms. The van der Waals surface area contributed by atoms with Crippen LogP contribution < -0.4 is 0 Å². The number of rotatable bonds is 4. The van der Waals surface area contributed by atoms with Gasteiger partial charge in [-0.3, -0.25) is 9.78 Å². The predicted molar refractivity (Wildman–Crippen MR) is 81.7 cm³/mol. The van der Waals surface area contributed by atoms with E-state index in [4.69, 9.17) is 0 Å². The third-order valence-electron chi connectivity index (χ3n) is 2.84. The van der Waals surface area contributed by atoms with Crippen LogP contribution in [0.1, 0.15) is 20.9 Å². The summed E-state index contributed by atoms with van der Waals surface area (Å²) >= 11 is 4.93. The average molecular weight is 339 g/mol. The van der Waals surface area contributed by atoms with E-state index in [1.807, 2.05) is 38.2 Å². The largest absolute Gasteiger partial charge is 0.341 e. The summed E-state index contributed by atoms with van der Waals surface area (Å²) in [7, 11) is 1.83. The van der Waals surface area contributed by atoms with Gasteiger partial charge < -0.3 is 4.90 Å². The fourth-order valence-electron chi connectivity index (χ4n) is 1.68. The predicted octanol–water partition coefficient (Wildman–Crippen LogP) is 3.53. The van der Waals surface area contributed by atoms with Crippen molar-refractivity contribution in [3.8, 4) is 0 Å².